The van der Waals surface area contributed by atoms with Crippen molar-refractivity contribution in [2.24, 2.45) is 0 Å². The van der Waals surface area contributed by atoms with E-state index >= 15 is 0 Å². The van der Waals surface area contributed by atoms with E-state index in [1.54, 1.807) is 0 Å². The van der Waals surface area contributed by atoms with Gasteiger partial charge in [-0.3, -0.25) is 0 Å². The normalized spacial score (nSPS) is 10.5. The fraction of sp³-hybridized carbons (Fsp3) is 0.143. The Kier molecular flexibility index (Phi) is 4.21. The first kappa shape index (κ1) is 10.2. The summed E-state index contributed by atoms with van der Waals surface area (Å²) >= 11 is 0. The standard InChI is InChI=1S/C7H9NO4/c1-2-3-8-5(7(11)12)4-6(9)10/h2,4,8H,1,3H2,(H,9,10)(H,11,12)/b5-4+. The summed E-state index contributed by atoms with van der Waals surface area (Å²) in [4.78, 5) is 20.4. The van der Waals surface area contributed by atoms with Gasteiger partial charge in [-0.25, -0.2) is 9.59 Å². The lowest BCUT2D eigenvalue weighted by molar-refractivity contribution is -0.135. The molecule has 12 heavy (non-hydrogen) atoms. The van der Waals surface area contributed by atoms with E-state index in [0.29, 0.717) is 6.08 Å². The van der Waals surface area contributed by atoms with E-state index in [-0.39, 0.29) is 12.2 Å². The molecule has 0 aliphatic carbocycles. The Labute approximate surface area is 69.0 Å². The largest absolute Gasteiger partial charge is 0.478 e. The third-order valence-electron chi connectivity index (χ3n) is 0.935. The molecule has 0 spiro atoms. The van der Waals surface area contributed by atoms with Gasteiger partial charge in [-0.15, -0.1) is 6.58 Å². The van der Waals surface area contributed by atoms with E-state index in [1.807, 2.05) is 0 Å². The van der Waals surface area contributed by atoms with E-state index in [0.717, 1.165) is 0 Å². The number of carbonyl (C=O) groups is 2. The van der Waals surface area contributed by atoms with Crippen LogP contribution < -0.4 is 5.32 Å². The first-order valence-electron chi connectivity index (χ1n) is 3.10. The molecule has 0 aromatic carbocycles. The predicted molar refractivity (Wildman–Crippen MR) is 41.6 cm³/mol. The van der Waals surface area contributed by atoms with E-state index in [9.17, 15) is 9.59 Å². The molecule has 0 saturated carbocycles. The van der Waals surface area contributed by atoms with Crippen LogP contribution in [0, 0.1) is 0 Å². The van der Waals surface area contributed by atoms with Gasteiger partial charge in [-0.1, -0.05) is 6.08 Å². The van der Waals surface area contributed by atoms with E-state index in [2.05, 4.69) is 11.9 Å². The summed E-state index contributed by atoms with van der Waals surface area (Å²) < 4.78 is 0. The van der Waals surface area contributed by atoms with Crippen LogP contribution in [0.5, 0.6) is 0 Å². The average molecular weight is 171 g/mol. The van der Waals surface area contributed by atoms with Gasteiger partial charge < -0.3 is 15.5 Å². The highest BCUT2D eigenvalue weighted by molar-refractivity contribution is 5.94. The molecule has 0 radical (unpaired) electrons. The van der Waals surface area contributed by atoms with Crippen LogP contribution in [0.15, 0.2) is 24.4 Å². The van der Waals surface area contributed by atoms with Crippen LogP contribution in [-0.4, -0.2) is 28.7 Å². The van der Waals surface area contributed by atoms with Gasteiger partial charge in [0, 0.05) is 6.54 Å². The number of nitrogens with one attached hydrogen (secondary N) is 1. The van der Waals surface area contributed by atoms with Crippen LogP contribution in [0.4, 0.5) is 0 Å². The summed E-state index contributed by atoms with van der Waals surface area (Å²) in [6.45, 7) is 3.55. The van der Waals surface area contributed by atoms with Crippen molar-refractivity contribution in [2.75, 3.05) is 6.54 Å². The Morgan fingerprint density at radius 1 is 1.42 bits per heavy atom. The first-order chi connectivity index (χ1) is 5.57. The predicted octanol–water partition coefficient (Wildman–Crippen LogP) is -0.185. The SMILES string of the molecule is C=CCN/C(=C/C(=O)O)C(=O)O. The van der Waals surface area contributed by atoms with Crippen molar-refractivity contribution < 1.29 is 19.8 Å². The first-order valence-corrected chi connectivity index (χ1v) is 3.10. The molecule has 0 rings (SSSR count). The summed E-state index contributed by atoms with van der Waals surface area (Å²) in [5.41, 5.74) is -0.359. The lowest BCUT2D eigenvalue weighted by atomic mass is 10.4. The second kappa shape index (κ2) is 4.95. The fourth-order valence-electron chi connectivity index (χ4n) is 0.494. The third kappa shape index (κ3) is 4.10. The molecule has 0 saturated heterocycles. The van der Waals surface area contributed by atoms with Crippen LogP contribution >= 0.6 is 0 Å². The van der Waals surface area contributed by atoms with Crippen molar-refractivity contribution in [2.45, 2.75) is 0 Å². The van der Waals surface area contributed by atoms with Gasteiger partial charge in [0.05, 0.1) is 6.08 Å². The lowest BCUT2D eigenvalue weighted by Gasteiger charge is -2.01. The molecule has 0 aromatic rings. The molecule has 5 heteroatoms. The highest BCUT2D eigenvalue weighted by Gasteiger charge is 2.06. The van der Waals surface area contributed by atoms with Gasteiger partial charge in [-0.05, 0) is 0 Å². The molecule has 0 heterocycles. The van der Waals surface area contributed by atoms with E-state index < -0.39 is 11.9 Å². The number of rotatable bonds is 5. The molecular formula is C7H9NO4. The van der Waals surface area contributed by atoms with Gasteiger partial charge >= 0.3 is 11.9 Å². The molecule has 5 nitrogen and oxygen atoms in total. The maximum absolute atomic E-state index is 10.3. The number of hydrogen-bond donors (Lipinski definition) is 3. The molecule has 0 unspecified atom stereocenters. The van der Waals surface area contributed by atoms with Gasteiger partial charge in [0.1, 0.15) is 5.70 Å². The molecule has 0 atom stereocenters. The minimum Gasteiger partial charge on any atom is -0.478 e. The molecule has 0 aromatic heterocycles. The molecule has 0 fully saturated rings. The van der Waals surface area contributed by atoms with Crippen LogP contribution in [0.2, 0.25) is 0 Å². The third-order valence-corrected chi connectivity index (χ3v) is 0.935. The molecule has 3 N–H and O–H groups in total. The molecule has 0 amide bonds. The van der Waals surface area contributed by atoms with E-state index in [1.165, 1.54) is 6.08 Å². The zero-order valence-corrected chi connectivity index (χ0v) is 6.28. The number of hydrogen-bond acceptors (Lipinski definition) is 3. The Bertz CT molecular complexity index is 232. The van der Waals surface area contributed by atoms with Crippen LogP contribution in [-0.2, 0) is 9.59 Å². The van der Waals surface area contributed by atoms with Crippen LogP contribution in [0.1, 0.15) is 0 Å². The smallest absolute Gasteiger partial charge is 0.352 e. The second-order valence-corrected chi connectivity index (χ2v) is 1.87. The van der Waals surface area contributed by atoms with Crippen molar-refractivity contribution in [3.05, 3.63) is 24.4 Å². The Morgan fingerprint density at radius 2 is 2.00 bits per heavy atom. The number of carboxylic acids is 2. The highest BCUT2D eigenvalue weighted by Crippen LogP contribution is 1.88. The molecular weight excluding hydrogens is 162 g/mol. The minimum atomic E-state index is -1.31. The maximum Gasteiger partial charge on any atom is 0.352 e. The summed E-state index contributed by atoms with van der Waals surface area (Å²) in [6, 6.07) is 0. The van der Waals surface area contributed by atoms with Crippen molar-refractivity contribution >= 4 is 11.9 Å². The average Bonchev–Trinajstić information content (AvgIpc) is 1.96. The number of aliphatic carboxylic acids is 2. The van der Waals surface area contributed by atoms with Gasteiger partial charge in [-0.2, -0.15) is 0 Å². The zero-order chi connectivity index (χ0) is 9.56. The van der Waals surface area contributed by atoms with Gasteiger partial charge in [0.25, 0.3) is 0 Å². The van der Waals surface area contributed by atoms with Gasteiger partial charge in [0.15, 0.2) is 0 Å². The monoisotopic (exact) mass is 171 g/mol. The molecule has 66 valence electrons. The van der Waals surface area contributed by atoms with E-state index in [4.69, 9.17) is 10.2 Å². The van der Waals surface area contributed by atoms with Gasteiger partial charge in [0.2, 0.25) is 0 Å². The maximum atomic E-state index is 10.3. The van der Waals surface area contributed by atoms with Crippen molar-refractivity contribution in [1.29, 1.82) is 0 Å². The second-order valence-electron chi connectivity index (χ2n) is 1.87. The molecule has 0 aliphatic rings. The topological polar surface area (TPSA) is 86.6 Å². The van der Waals surface area contributed by atoms with Crippen molar-refractivity contribution in [1.82, 2.24) is 5.32 Å². The molecule has 0 aliphatic heterocycles. The minimum absolute atomic E-state index is 0.214. The summed E-state index contributed by atoms with van der Waals surface area (Å²) in [5.74, 6) is -2.61. The fourth-order valence-corrected chi connectivity index (χ4v) is 0.494. The Hall–Kier alpha value is -1.78. The highest BCUT2D eigenvalue weighted by atomic mass is 16.4. The quantitative estimate of drug-likeness (QED) is 0.394. The van der Waals surface area contributed by atoms with Crippen molar-refractivity contribution in [3.8, 4) is 0 Å². The van der Waals surface area contributed by atoms with Crippen molar-refractivity contribution in [3.63, 3.8) is 0 Å². The summed E-state index contributed by atoms with van der Waals surface area (Å²) in [7, 11) is 0. The lowest BCUT2D eigenvalue weighted by Crippen LogP contribution is -2.21. The zero-order valence-electron chi connectivity index (χ0n) is 6.28. The summed E-state index contributed by atoms with van der Waals surface area (Å²) in [5, 5.41) is 19.0. The summed E-state index contributed by atoms with van der Waals surface area (Å²) in [6.07, 6.45) is 2.02. The number of carboxylic acid groups (broad SMARTS) is 2. The Balaban J connectivity index is 4.32. The molecule has 0 bridgehead atoms. The Morgan fingerprint density at radius 3 is 2.33 bits per heavy atom. The van der Waals surface area contributed by atoms with Crippen LogP contribution in [0.25, 0.3) is 0 Å². The van der Waals surface area contributed by atoms with Crippen LogP contribution in [0.3, 0.4) is 0 Å².